The molecule has 22 heavy (non-hydrogen) atoms. The van der Waals surface area contributed by atoms with Gasteiger partial charge < -0.3 is 16.0 Å². The highest BCUT2D eigenvalue weighted by atomic mass is 16.2. The quantitative estimate of drug-likeness (QED) is 0.856. The number of nitrogen functional groups attached to an aromatic ring is 1. The van der Waals surface area contributed by atoms with E-state index in [0.717, 1.165) is 25.1 Å². The van der Waals surface area contributed by atoms with Crippen molar-refractivity contribution in [3.05, 3.63) is 53.6 Å². The van der Waals surface area contributed by atoms with Crippen molar-refractivity contribution in [1.29, 1.82) is 0 Å². The third-order valence-electron chi connectivity index (χ3n) is 3.98. The molecule has 3 N–H and O–H groups in total. The van der Waals surface area contributed by atoms with Crippen LogP contribution in [-0.4, -0.2) is 19.0 Å². The molecule has 0 saturated carbocycles. The lowest BCUT2D eigenvalue weighted by atomic mass is 9.99. The van der Waals surface area contributed by atoms with Crippen molar-refractivity contribution < 1.29 is 4.79 Å². The Balaban J connectivity index is 1.69. The molecule has 2 aromatic rings. The maximum atomic E-state index is 12.3. The van der Waals surface area contributed by atoms with E-state index in [-0.39, 0.29) is 5.91 Å². The predicted octanol–water partition coefficient (Wildman–Crippen LogP) is 2.97. The fraction of sp³-hybridized carbons (Fsp3) is 0.278. The summed E-state index contributed by atoms with van der Waals surface area (Å²) in [6.45, 7) is 3.40. The summed E-state index contributed by atoms with van der Waals surface area (Å²) in [5.74, 6) is -0.00167. The van der Waals surface area contributed by atoms with Crippen LogP contribution in [0.5, 0.6) is 0 Å². The van der Waals surface area contributed by atoms with Gasteiger partial charge in [-0.1, -0.05) is 17.7 Å². The van der Waals surface area contributed by atoms with Gasteiger partial charge in [-0.2, -0.15) is 0 Å². The van der Waals surface area contributed by atoms with Crippen LogP contribution in [0, 0.1) is 6.92 Å². The van der Waals surface area contributed by atoms with E-state index in [4.69, 9.17) is 5.73 Å². The molecule has 0 bridgehead atoms. The Labute approximate surface area is 130 Å². The summed E-state index contributed by atoms with van der Waals surface area (Å²) in [6.07, 6.45) is 2.18. The Bertz CT molecular complexity index is 679. The number of carbonyl (C=O) groups excluding carboxylic acids is 1. The van der Waals surface area contributed by atoms with Crippen LogP contribution in [0.2, 0.25) is 0 Å². The van der Waals surface area contributed by atoms with E-state index in [9.17, 15) is 4.79 Å². The first-order chi connectivity index (χ1) is 10.6. The van der Waals surface area contributed by atoms with Gasteiger partial charge in [-0.05, 0) is 55.7 Å². The number of carbonyl (C=O) groups is 1. The average Bonchev–Trinajstić information content (AvgIpc) is 2.49. The molecule has 0 saturated heterocycles. The normalized spacial score (nSPS) is 13.6. The maximum Gasteiger partial charge on any atom is 0.243 e. The lowest BCUT2D eigenvalue weighted by Gasteiger charge is -2.31. The van der Waals surface area contributed by atoms with Gasteiger partial charge in [-0.3, -0.25) is 4.79 Å². The summed E-state index contributed by atoms with van der Waals surface area (Å²) >= 11 is 0. The van der Waals surface area contributed by atoms with Gasteiger partial charge in [0, 0.05) is 23.6 Å². The van der Waals surface area contributed by atoms with E-state index >= 15 is 0 Å². The van der Waals surface area contributed by atoms with Crippen molar-refractivity contribution >= 4 is 23.0 Å². The average molecular weight is 295 g/mol. The molecule has 4 heteroatoms. The molecule has 0 radical (unpaired) electrons. The van der Waals surface area contributed by atoms with Gasteiger partial charge in [0.25, 0.3) is 0 Å². The molecule has 0 spiro atoms. The monoisotopic (exact) mass is 295 g/mol. The number of benzene rings is 2. The topological polar surface area (TPSA) is 58.4 Å². The van der Waals surface area contributed by atoms with E-state index in [2.05, 4.69) is 35.3 Å². The van der Waals surface area contributed by atoms with E-state index in [1.54, 1.807) is 12.1 Å². The van der Waals surface area contributed by atoms with E-state index < -0.39 is 0 Å². The molecule has 0 aromatic heterocycles. The number of hydrogen-bond donors (Lipinski definition) is 2. The zero-order valence-corrected chi connectivity index (χ0v) is 12.8. The van der Waals surface area contributed by atoms with Crippen molar-refractivity contribution in [2.45, 2.75) is 19.8 Å². The molecule has 1 aliphatic rings. The van der Waals surface area contributed by atoms with Crippen LogP contribution in [-0.2, 0) is 11.2 Å². The molecule has 0 fully saturated rings. The molecule has 4 nitrogen and oxygen atoms in total. The van der Waals surface area contributed by atoms with Crippen molar-refractivity contribution in [2.75, 3.05) is 29.0 Å². The van der Waals surface area contributed by atoms with Gasteiger partial charge in [0.2, 0.25) is 5.91 Å². The van der Waals surface area contributed by atoms with Crippen molar-refractivity contribution in [2.24, 2.45) is 0 Å². The number of amides is 1. The minimum absolute atomic E-state index is 0.00167. The zero-order chi connectivity index (χ0) is 15.5. The Morgan fingerprint density at radius 2 is 2.00 bits per heavy atom. The summed E-state index contributed by atoms with van der Waals surface area (Å²) in [6, 6.07) is 13.7. The van der Waals surface area contributed by atoms with Gasteiger partial charge >= 0.3 is 0 Å². The van der Waals surface area contributed by atoms with Gasteiger partial charge in [-0.25, -0.2) is 0 Å². The van der Waals surface area contributed by atoms with Crippen molar-refractivity contribution in [3.8, 4) is 0 Å². The molecule has 0 aliphatic carbocycles. The molecular formula is C18H21N3O. The number of nitrogens with one attached hydrogen (secondary N) is 1. The summed E-state index contributed by atoms with van der Waals surface area (Å²) in [4.78, 5) is 14.4. The summed E-state index contributed by atoms with van der Waals surface area (Å²) in [5.41, 5.74) is 10.9. The van der Waals surface area contributed by atoms with E-state index in [1.807, 2.05) is 12.1 Å². The maximum absolute atomic E-state index is 12.3. The first-order valence-electron chi connectivity index (χ1n) is 7.62. The van der Waals surface area contributed by atoms with E-state index in [1.165, 1.54) is 16.8 Å². The number of fused-ring (bicyclic) bond motifs is 1. The number of nitrogens with two attached hydrogens (primary N) is 1. The van der Waals surface area contributed by atoms with E-state index in [0.29, 0.717) is 12.2 Å². The minimum Gasteiger partial charge on any atom is -0.399 e. The lowest BCUT2D eigenvalue weighted by Crippen LogP contribution is -2.36. The second-order valence-electron chi connectivity index (χ2n) is 5.83. The molecule has 1 amide bonds. The number of nitrogens with zero attached hydrogens (tertiary/aromatic N) is 1. The molecule has 1 heterocycles. The van der Waals surface area contributed by atoms with Gasteiger partial charge in [-0.15, -0.1) is 0 Å². The van der Waals surface area contributed by atoms with Crippen molar-refractivity contribution in [1.82, 2.24) is 0 Å². The summed E-state index contributed by atoms with van der Waals surface area (Å²) in [5, 5.41) is 2.92. The summed E-state index contributed by atoms with van der Waals surface area (Å²) in [7, 11) is 0. The third kappa shape index (κ3) is 3.22. The Kier molecular flexibility index (Phi) is 4.00. The second kappa shape index (κ2) is 6.10. The highest BCUT2D eigenvalue weighted by molar-refractivity contribution is 5.94. The molecule has 0 atom stereocenters. The molecule has 114 valence electrons. The second-order valence-corrected chi connectivity index (χ2v) is 5.83. The Morgan fingerprint density at radius 1 is 1.23 bits per heavy atom. The first-order valence-corrected chi connectivity index (χ1v) is 7.62. The molecule has 0 unspecified atom stereocenters. The Hall–Kier alpha value is -2.49. The van der Waals surface area contributed by atoms with Crippen LogP contribution in [0.1, 0.15) is 17.5 Å². The number of aryl methyl sites for hydroxylation is 2. The highest BCUT2D eigenvalue weighted by Crippen LogP contribution is 2.27. The highest BCUT2D eigenvalue weighted by Gasteiger charge is 2.19. The lowest BCUT2D eigenvalue weighted by molar-refractivity contribution is -0.115. The number of anilines is 3. The smallest absolute Gasteiger partial charge is 0.243 e. The molecule has 3 rings (SSSR count). The third-order valence-corrected chi connectivity index (χ3v) is 3.98. The van der Waals surface area contributed by atoms with Gasteiger partial charge in [0.15, 0.2) is 0 Å². The molecule has 2 aromatic carbocycles. The SMILES string of the molecule is Cc1ccc2c(c1)CCCN2CC(=O)Nc1ccc(N)cc1. The predicted molar refractivity (Wildman–Crippen MR) is 91.2 cm³/mol. The number of rotatable bonds is 3. The zero-order valence-electron chi connectivity index (χ0n) is 12.8. The summed E-state index contributed by atoms with van der Waals surface area (Å²) < 4.78 is 0. The van der Waals surface area contributed by atoms with Crippen LogP contribution in [0.3, 0.4) is 0 Å². The van der Waals surface area contributed by atoms with Gasteiger partial charge in [0.05, 0.1) is 6.54 Å². The van der Waals surface area contributed by atoms with Crippen LogP contribution in [0.25, 0.3) is 0 Å². The fourth-order valence-electron chi connectivity index (χ4n) is 2.91. The van der Waals surface area contributed by atoms with Crippen LogP contribution in [0.15, 0.2) is 42.5 Å². The largest absolute Gasteiger partial charge is 0.399 e. The Morgan fingerprint density at radius 3 is 2.77 bits per heavy atom. The van der Waals surface area contributed by atoms with Crippen molar-refractivity contribution in [3.63, 3.8) is 0 Å². The standard InChI is InChI=1S/C18H21N3O/c1-13-4-9-17-14(11-13)3-2-10-21(17)12-18(22)20-16-7-5-15(19)6-8-16/h4-9,11H,2-3,10,12,19H2,1H3,(H,20,22). The fourth-order valence-corrected chi connectivity index (χ4v) is 2.91. The first kappa shape index (κ1) is 14.4. The number of hydrogen-bond acceptors (Lipinski definition) is 3. The van der Waals surface area contributed by atoms with Crippen LogP contribution in [0.4, 0.5) is 17.1 Å². The molecular weight excluding hydrogens is 274 g/mol. The molecule has 1 aliphatic heterocycles. The van der Waals surface area contributed by atoms with Crippen LogP contribution >= 0.6 is 0 Å². The van der Waals surface area contributed by atoms with Gasteiger partial charge in [0.1, 0.15) is 0 Å². The van der Waals surface area contributed by atoms with Crippen LogP contribution < -0.4 is 16.0 Å². The minimum atomic E-state index is -0.00167.